The Kier molecular flexibility index (Phi) is 5.41. The second-order valence-electron chi connectivity index (χ2n) is 5.92. The van der Waals surface area contributed by atoms with Crippen LogP contribution in [0.2, 0.25) is 0 Å². The summed E-state index contributed by atoms with van der Waals surface area (Å²) in [6.45, 7) is 5.60. The van der Waals surface area contributed by atoms with Crippen molar-refractivity contribution in [3.05, 3.63) is 50.6 Å². The van der Waals surface area contributed by atoms with Crippen molar-refractivity contribution >= 4 is 39.9 Å². The number of halogens is 1. The summed E-state index contributed by atoms with van der Waals surface area (Å²) in [5.74, 6) is 0. The highest BCUT2D eigenvalue weighted by atomic mass is 127. The van der Waals surface area contributed by atoms with Crippen molar-refractivity contribution in [3.8, 4) is 0 Å². The number of rotatable bonds is 5. The van der Waals surface area contributed by atoms with Crippen LogP contribution in [0.3, 0.4) is 0 Å². The van der Waals surface area contributed by atoms with E-state index in [0.717, 1.165) is 17.4 Å². The normalized spacial score (nSPS) is 20.5. The van der Waals surface area contributed by atoms with Gasteiger partial charge in [-0.15, -0.1) is 0 Å². The molecule has 1 saturated heterocycles. The smallest absolute Gasteiger partial charge is 0.170 e. The molecule has 0 bridgehead atoms. The molecule has 0 aromatic carbocycles. The fourth-order valence-electron chi connectivity index (χ4n) is 3.27. The predicted molar refractivity (Wildman–Crippen MR) is 107 cm³/mol. The molecule has 1 aliphatic heterocycles. The number of ether oxygens (including phenoxy) is 1. The third-order valence-electron chi connectivity index (χ3n) is 4.37. The van der Waals surface area contributed by atoms with Crippen molar-refractivity contribution < 1.29 is 4.74 Å². The van der Waals surface area contributed by atoms with Gasteiger partial charge in [0.25, 0.3) is 0 Å². The van der Waals surface area contributed by atoms with E-state index < -0.39 is 0 Å². The minimum Gasteiger partial charge on any atom is -0.383 e. The Morgan fingerprint density at radius 3 is 2.71 bits per heavy atom. The number of thiocarbonyl (C=S) groups is 1. The molecule has 24 heavy (non-hydrogen) atoms. The molecule has 0 amide bonds. The summed E-state index contributed by atoms with van der Waals surface area (Å²) < 4.78 is 6.54. The van der Waals surface area contributed by atoms with Gasteiger partial charge in [-0.3, -0.25) is 4.98 Å². The van der Waals surface area contributed by atoms with Crippen molar-refractivity contribution in [2.45, 2.75) is 25.9 Å². The van der Waals surface area contributed by atoms with Gasteiger partial charge in [0.15, 0.2) is 5.11 Å². The molecule has 3 heterocycles. The van der Waals surface area contributed by atoms with Crippen LogP contribution in [0.5, 0.6) is 0 Å². The first-order valence-corrected chi connectivity index (χ1v) is 9.34. The highest BCUT2D eigenvalue weighted by molar-refractivity contribution is 14.1. The maximum Gasteiger partial charge on any atom is 0.170 e. The summed E-state index contributed by atoms with van der Waals surface area (Å²) in [6.07, 6.45) is 1.83. The molecule has 1 fully saturated rings. The summed E-state index contributed by atoms with van der Waals surface area (Å²) in [6, 6.07) is 6.12. The van der Waals surface area contributed by atoms with E-state index in [0.29, 0.717) is 6.61 Å². The van der Waals surface area contributed by atoms with Crippen LogP contribution < -0.4 is 5.32 Å². The number of hydrogen-bond donors (Lipinski definition) is 2. The zero-order chi connectivity index (χ0) is 17.3. The Balaban J connectivity index is 2.07. The van der Waals surface area contributed by atoms with Crippen LogP contribution in [0.1, 0.15) is 34.7 Å². The van der Waals surface area contributed by atoms with E-state index in [1.54, 1.807) is 7.11 Å². The number of hydrogen-bond acceptors (Lipinski definition) is 3. The Bertz CT molecular complexity index is 734. The fourth-order valence-corrected chi connectivity index (χ4v) is 4.46. The third-order valence-corrected chi connectivity index (χ3v) is 6.12. The monoisotopic (exact) mass is 456 g/mol. The van der Waals surface area contributed by atoms with Crippen molar-refractivity contribution in [2.24, 2.45) is 0 Å². The number of aromatic nitrogens is 2. The van der Waals surface area contributed by atoms with Crippen molar-refractivity contribution in [1.29, 1.82) is 0 Å². The first-order chi connectivity index (χ1) is 11.5. The van der Waals surface area contributed by atoms with Crippen LogP contribution in [0.4, 0.5) is 0 Å². The van der Waals surface area contributed by atoms with Crippen molar-refractivity contribution in [1.82, 2.24) is 20.2 Å². The second-order valence-corrected chi connectivity index (χ2v) is 7.38. The van der Waals surface area contributed by atoms with Gasteiger partial charge in [-0.05, 0) is 60.8 Å². The summed E-state index contributed by atoms with van der Waals surface area (Å²) in [5.41, 5.74) is 4.65. The fraction of sp³-hybridized carbons (Fsp3) is 0.412. The van der Waals surface area contributed by atoms with Gasteiger partial charge in [-0.1, -0.05) is 6.07 Å². The molecule has 7 heteroatoms. The molecule has 0 saturated carbocycles. The molecule has 2 aromatic heterocycles. The molecule has 0 spiro atoms. The van der Waals surface area contributed by atoms with Gasteiger partial charge >= 0.3 is 0 Å². The van der Waals surface area contributed by atoms with Gasteiger partial charge in [0.1, 0.15) is 0 Å². The van der Waals surface area contributed by atoms with E-state index in [-0.39, 0.29) is 12.1 Å². The molecule has 2 aromatic rings. The molecule has 128 valence electrons. The van der Waals surface area contributed by atoms with Gasteiger partial charge in [0.05, 0.1) is 24.4 Å². The number of nitrogens with one attached hydrogen (secondary N) is 2. The molecule has 0 aliphatic carbocycles. The Labute approximate surface area is 161 Å². The largest absolute Gasteiger partial charge is 0.383 e. The highest BCUT2D eigenvalue weighted by Crippen LogP contribution is 2.42. The molecule has 3 rings (SSSR count). The number of aromatic amines is 1. The predicted octanol–water partition coefficient (Wildman–Crippen LogP) is 3.25. The molecule has 5 nitrogen and oxygen atoms in total. The Hall–Kier alpha value is -1.19. The SMILES string of the molecule is COCCN1C(=S)N[C@@H](c2ccccn2)[C@@H]1c1c(C)[nH]c(C)c1I. The minimum atomic E-state index is 0.0259. The summed E-state index contributed by atoms with van der Waals surface area (Å²) in [4.78, 5) is 10.2. The average Bonchev–Trinajstić information content (AvgIpc) is 3.02. The van der Waals surface area contributed by atoms with Gasteiger partial charge in [-0.2, -0.15) is 0 Å². The maximum absolute atomic E-state index is 5.62. The Morgan fingerprint density at radius 2 is 2.12 bits per heavy atom. The maximum atomic E-state index is 5.62. The van der Waals surface area contributed by atoms with Gasteiger partial charge in [0.2, 0.25) is 0 Å². The lowest BCUT2D eigenvalue weighted by Gasteiger charge is -2.28. The molecule has 2 atom stereocenters. The number of methoxy groups -OCH3 is 1. The number of nitrogens with zero attached hydrogens (tertiary/aromatic N) is 2. The number of H-pyrrole nitrogens is 1. The van der Waals surface area contributed by atoms with E-state index >= 15 is 0 Å². The summed E-state index contributed by atoms with van der Waals surface area (Å²) in [7, 11) is 1.72. The van der Waals surface area contributed by atoms with Gasteiger partial charge in [0, 0.05) is 40.4 Å². The van der Waals surface area contributed by atoms with Gasteiger partial charge in [-0.25, -0.2) is 0 Å². The van der Waals surface area contributed by atoms with E-state index in [2.05, 4.69) is 62.7 Å². The first-order valence-electron chi connectivity index (χ1n) is 7.86. The lowest BCUT2D eigenvalue weighted by atomic mass is 9.97. The molecular weight excluding hydrogens is 435 g/mol. The van der Waals surface area contributed by atoms with Crippen LogP contribution in [0.25, 0.3) is 0 Å². The zero-order valence-corrected chi connectivity index (χ0v) is 16.9. The quantitative estimate of drug-likeness (QED) is 0.535. The molecule has 0 unspecified atom stereocenters. The average molecular weight is 456 g/mol. The molecule has 0 radical (unpaired) electrons. The van der Waals surface area contributed by atoms with Crippen molar-refractivity contribution in [2.75, 3.05) is 20.3 Å². The third kappa shape index (κ3) is 3.16. The van der Waals surface area contributed by atoms with E-state index in [1.165, 1.54) is 20.5 Å². The minimum absolute atomic E-state index is 0.0259. The summed E-state index contributed by atoms with van der Waals surface area (Å²) in [5, 5.41) is 4.22. The van der Waals surface area contributed by atoms with Crippen LogP contribution in [-0.2, 0) is 4.74 Å². The first kappa shape index (κ1) is 17.6. The van der Waals surface area contributed by atoms with E-state index in [9.17, 15) is 0 Å². The van der Waals surface area contributed by atoms with Crippen LogP contribution in [0.15, 0.2) is 24.4 Å². The van der Waals surface area contributed by atoms with Crippen LogP contribution in [-0.4, -0.2) is 40.2 Å². The lowest BCUT2D eigenvalue weighted by Crippen LogP contribution is -2.33. The standard InChI is InChI=1S/C17H21IN4OS/c1-10-13(14(18)11(2)20-10)16-15(12-6-4-5-7-19-12)21-17(24)22(16)8-9-23-3/h4-7,15-16,20H,8-9H2,1-3H3,(H,21,24)/t15-,16-/m0/s1. The van der Waals surface area contributed by atoms with Crippen LogP contribution in [0, 0.1) is 17.4 Å². The molecule has 2 N–H and O–H groups in total. The highest BCUT2D eigenvalue weighted by Gasteiger charge is 2.41. The summed E-state index contributed by atoms with van der Waals surface area (Å²) >= 11 is 8.04. The van der Waals surface area contributed by atoms with E-state index in [4.69, 9.17) is 17.0 Å². The van der Waals surface area contributed by atoms with Gasteiger partial charge < -0.3 is 19.9 Å². The number of pyridine rings is 1. The number of aryl methyl sites for hydroxylation is 2. The van der Waals surface area contributed by atoms with Crippen LogP contribution >= 0.6 is 34.8 Å². The molecule has 1 aliphatic rings. The second kappa shape index (κ2) is 7.37. The molecular formula is C17H21IN4OS. The van der Waals surface area contributed by atoms with E-state index in [1.807, 2.05) is 18.3 Å². The Morgan fingerprint density at radius 1 is 1.33 bits per heavy atom. The lowest BCUT2D eigenvalue weighted by molar-refractivity contribution is 0.164. The van der Waals surface area contributed by atoms with Crippen molar-refractivity contribution in [3.63, 3.8) is 0 Å². The topological polar surface area (TPSA) is 53.2 Å². The zero-order valence-electron chi connectivity index (χ0n) is 14.0.